The third-order valence-electron chi connectivity index (χ3n) is 3.33. The molecule has 0 saturated carbocycles. The molecule has 0 spiro atoms. The van der Waals surface area contributed by atoms with Crippen molar-refractivity contribution in [1.29, 1.82) is 0 Å². The Morgan fingerprint density at radius 1 is 1.50 bits per heavy atom. The lowest BCUT2D eigenvalue weighted by molar-refractivity contribution is 0.0732. The van der Waals surface area contributed by atoms with Crippen LogP contribution in [0.5, 0.6) is 0 Å². The molecule has 1 atom stereocenters. The zero-order chi connectivity index (χ0) is 13.2. The van der Waals surface area contributed by atoms with Gasteiger partial charge in [-0.2, -0.15) is 0 Å². The minimum Gasteiger partial charge on any atom is -0.329 e. The number of hydrogen-bond donors (Lipinski definition) is 1. The molecule has 7 heteroatoms. The maximum atomic E-state index is 12.5. The molecule has 0 bridgehead atoms. The smallest absolute Gasteiger partial charge is 0.273 e. The fourth-order valence-electron chi connectivity index (χ4n) is 2.44. The van der Waals surface area contributed by atoms with Crippen LogP contribution in [0, 0.1) is 0 Å². The molecule has 20 heavy (non-hydrogen) atoms. The third-order valence-corrected chi connectivity index (χ3v) is 5.18. The molecule has 0 radical (unpaired) electrons. The van der Waals surface area contributed by atoms with Crippen LogP contribution in [0.1, 0.15) is 39.3 Å². The number of rotatable bonds is 3. The zero-order valence-corrected chi connectivity index (χ0v) is 13.3. The van der Waals surface area contributed by atoms with Crippen molar-refractivity contribution in [2.45, 2.75) is 25.4 Å². The quantitative estimate of drug-likeness (QED) is 0.941. The van der Waals surface area contributed by atoms with E-state index in [1.807, 2.05) is 16.3 Å². The first-order valence-corrected chi connectivity index (χ1v) is 8.04. The maximum Gasteiger partial charge on any atom is 0.273 e. The fourth-order valence-corrected chi connectivity index (χ4v) is 3.96. The molecule has 3 heterocycles. The van der Waals surface area contributed by atoms with Gasteiger partial charge in [-0.25, -0.2) is 4.98 Å². The summed E-state index contributed by atoms with van der Waals surface area (Å²) in [7, 11) is 0. The maximum absolute atomic E-state index is 12.5. The van der Waals surface area contributed by atoms with Crippen LogP contribution in [-0.2, 0) is 6.54 Å². The molecule has 1 unspecified atom stereocenters. The van der Waals surface area contributed by atoms with Crippen LogP contribution in [0.3, 0.4) is 0 Å². The Morgan fingerprint density at radius 3 is 3.00 bits per heavy atom. The lowest BCUT2D eigenvalue weighted by Crippen LogP contribution is -2.30. The number of hydrogen-bond acceptors (Lipinski definition) is 5. The summed E-state index contributed by atoms with van der Waals surface area (Å²) in [4.78, 5) is 20.0. The molecule has 4 nitrogen and oxygen atoms in total. The number of carbonyl (C=O) groups is 1. The fraction of sp³-hybridized carbons (Fsp3) is 0.385. The molecule has 1 aliphatic heterocycles. The molecule has 1 fully saturated rings. The summed E-state index contributed by atoms with van der Waals surface area (Å²) in [5.74, 6) is 0.0341. The van der Waals surface area contributed by atoms with E-state index in [1.54, 1.807) is 11.3 Å². The number of nitrogens with zero attached hydrogens (tertiary/aromatic N) is 2. The first-order chi connectivity index (χ1) is 9.29. The first kappa shape index (κ1) is 15.4. The molecule has 2 aromatic heterocycles. The molecule has 0 aliphatic carbocycles. The highest BCUT2D eigenvalue weighted by Gasteiger charge is 2.32. The van der Waals surface area contributed by atoms with E-state index in [1.165, 1.54) is 16.2 Å². The van der Waals surface area contributed by atoms with Gasteiger partial charge in [0.2, 0.25) is 0 Å². The van der Waals surface area contributed by atoms with Gasteiger partial charge in [0.05, 0.1) is 6.04 Å². The number of halogens is 1. The van der Waals surface area contributed by atoms with Gasteiger partial charge in [0.25, 0.3) is 5.91 Å². The summed E-state index contributed by atoms with van der Waals surface area (Å²) >= 11 is 3.17. The van der Waals surface area contributed by atoms with Crippen molar-refractivity contribution in [3.8, 4) is 0 Å². The van der Waals surface area contributed by atoms with Crippen LogP contribution in [-0.4, -0.2) is 22.3 Å². The average molecular weight is 330 g/mol. The van der Waals surface area contributed by atoms with Gasteiger partial charge in [-0.15, -0.1) is 35.1 Å². The molecular formula is C13H16ClN3OS2. The van der Waals surface area contributed by atoms with E-state index in [9.17, 15) is 4.79 Å². The highest BCUT2D eigenvalue weighted by atomic mass is 35.5. The summed E-state index contributed by atoms with van der Waals surface area (Å²) in [5, 5.41) is 4.69. The van der Waals surface area contributed by atoms with E-state index in [4.69, 9.17) is 5.73 Å². The van der Waals surface area contributed by atoms with Gasteiger partial charge in [-0.05, 0) is 24.3 Å². The molecule has 1 aliphatic rings. The number of thiophene rings is 1. The van der Waals surface area contributed by atoms with E-state index in [-0.39, 0.29) is 24.4 Å². The van der Waals surface area contributed by atoms with Crippen molar-refractivity contribution in [2.75, 3.05) is 6.54 Å². The van der Waals surface area contributed by atoms with Crippen LogP contribution in [0.2, 0.25) is 0 Å². The summed E-state index contributed by atoms with van der Waals surface area (Å²) < 4.78 is 0. The number of nitrogens with two attached hydrogens (primary N) is 1. The van der Waals surface area contributed by atoms with Crippen LogP contribution < -0.4 is 5.73 Å². The van der Waals surface area contributed by atoms with Gasteiger partial charge >= 0.3 is 0 Å². The molecule has 3 rings (SSSR count). The second-order valence-corrected chi connectivity index (χ2v) is 6.42. The number of aromatic nitrogens is 1. The molecule has 2 N–H and O–H groups in total. The summed E-state index contributed by atoms with van der Waals surface area (Å²) in [6.07, 6.45) is 2.10. The molecular weight excluding hydrogens is 314 g/mol. The van der Waals surface area contributed by atoms with Crippen molar-refractivity contribution < 1.29 is 4.79 Å². The summed E-state index contributed by atoms with van der Waals surface area (Å²) in [6.45, 7) is 1.21. The Kier molecular flexibility index (Phi) is 5.15. The number of thiazole rings is 1. The largest absolute Gasteiger partial charge is 0.329 e. The Hall–Kier alpha value is -0.950. The van der Waals surface area contributed by atoms with Crippen molar-refractivity contribution >= 4 is 41.0 Å². The normalized spacial score (nSPS) is 18.1. The van der Waals surface area contributed by atoms with E-state index in [0.29, 0.717) is 12.2 Å². The molecule has 2 aromatic rings. The summed E-state index contributed by atoms with van der Waals surface area (Å²) in [5.41, 5.74) is 6.08. The van der Waals surface area contributed by atoms with Crippen molar-refractivity contribution in [1.82, 2.24) is 9.88 Å². The molecule has 1 amide bonds. The zero-order valence-electron chi connectivity index (χ0n) is 10.8. The van der Waals surface area contributed by atoms with Crippen molar-refractivity contribution in [2.24, 2.45) is 5.73 Å². The van der Waals surface area contributed by atoms with Gasteiger partial charge in [0, 0.05) is 23.3 Å². The van der Waals surface area contributed by atoms with Crippen molar-refractivity contribution in [3.63, 3.8) is 0 Å². The third kappa shape index (κ3) is 2.88. The molecule has 108 valence electrons. The second-order valence-electron chi connectivity index (χ2n) is 4.50. The first-order valence-electron chi connectivity index (χ1n) is 6.28. The van der Waals surface area contributed by atoms with E-state index in [0.717, 1.165) is 24.4 Å². The lowest BCUT2D eigenvalue weighted by atomic mass is 10.2. The standard InChI is InChI=1S/C13H15N3OS2.ClH/c14-7-12-15-9(8-19-12)13(17)16-5-1-3-10(16)11-4-2-6-18-11;/h2,4,6,8,10H,1,3,5,7,14H2;1H. The SMILES string of the molecule is Cl.NCc1nc(C(=O)N2CCCC2c2cccs2)cs1. The van der Waals surface area contributed by atoms with Gasteiger partial charge in [0.15, 0.2) is 0 Å². The topological polar surface area (TPSA) is 59.2 Å². The Morgan fingerprint density at radius 2 is 2.35 bits per heavy atom. The predicted octanol–water partition coefficient (Wildman–Crippen LogP) is 3.06. The van der Waals surface area contributed by atoms with Gasteiger partial charge in [-0.1, -0.05) is 6.07 Å². The Balaban J connectivity index is 0.00000147. The average Bonchev–Trinajstić information content (AvgIpc) is 3.16. The Bertz CT molecular complexity index is 570. The predicted molar refractivity (Wildman–Crippen MR) is 84.6 cm³/mol. The minimum absolute atomic E-state index is 0. The van der Waals surface area contributed by atoms with E-state index >= 15 is 0 Å². The monoisotopic (exact) mass is 329 g/mol. The number of amides is 1. The molecule has 1 saturated heterocycles. The molecule has 0 aromatic carbocycles. The van der Waals surface area contributed by atoms with Gasteiger partial charge in [-0.3, -0.25) is 4.79 Å². The Labute approximate surface area is 132 Å². The number of likely N-dealkylation sites (tertiary alicyclic amines) is 1. The lowest BCUT2D eigenvalue weighted by Gasteiger charge is -2.22. The van der Waals surface area contributed by atoms with Crippen LogP contribution in [0.15, 0.2) is 22.9 Å². The number of carbonyl (C=O) groups excluding carboxylic acids is 1. The van der Waals surface area contributed by atoms with Crippen LogP contribution in [0.25, 0.3) is 0 Å². The van der Waals surface area contributed by atoms with Crippen LogP contribution in [0.4, 0.5) is 0 Å². The van der Waals surface area contributed by atoms with Crippen molar-refractivity contribution in [3.05, 3.63) is 38.5 Å². The van der Waals surface area contributed by atoms with Crippen LogP contribution >= 0.6 is 35.1 Å². The highest BCUT2D eigenvalue weighted by Crippen LogP contribution is 2.35. The minimum atomic E-state index is 0. The highest BCUT2D eigenvalue weighted by molar-refractivity contribution is 7.10. The van der Waals surface area contributed by atoms with E-state index in [2.05, 4.69) is 16.4 Å². The summed E-state index contributed by atoms with van der Waals surface area (Å²) in [6, 6.07) is 4.36. The van der Waals surface area contributed by atoms with Gasteiger partial charge in [0.1, 0.15) is 10.7 Å². The second kappa shape index (κ2) is 6.67. The van der Waals surface area contributed by atoms with Gasteiger partial charge < -0.3 is 10.6 Å². The van der Waals surface area contributed by atoms with E-state index < -0.39 is 0 Å².